The Bertz CT molecular complexity index is 1330. The normalized spacial score (nSPS) is 14.3. The van der Waals surface area contributed by atoms with Crippen LogP contribution in [0, 0.1) is 0 Å². The lowest BCUT2D eigenvalue weighted by atomic mass is 9.93. The Morgan fingerprint density at radius 1 is 0.941 bits per heavy atom. The highest BCUT2D eigenvalue weighted by Gasteiger charge is 2.27. The van der Waals surface area contributed by atoms with Gasteiger partial charge in [-0.25, -0.2) is 0 Å². The summed E-state index contributed by atoms with van der Waals surface area (Å²) in [6.07, 6.45) is 0.541. The Balaban J connectivity index is 1.54. The minimum absolute atomic E-state index is 0.00680. The number of ether oxygens (including phenoxy) is 1. The largest absolute Gasteiger partial charge is 0.378 e. The zero-order valence-electron chi connectivity index (χ0n) is 18.9. The van der Waals surface area contributed by atoms with Gasteiger partial charge in [-0.05, 0) is 76.2 Å². The van der Waals surface area contributed by atoms with Crippen molar-refractivity contribution in [3.63, 3.8) is 0 Å². The van der Waals surface area contributed by atoms with Crippen LogP contribution in [0.15, 0.2) is 54.6 Å². The number of amides is 3. The van der Waals surface area contributed by atoms with Gasteiger partial charge in [0.2, 0.25) is 11.8 Å². The fraction of sp³-hybridized carbons (Fsp3) is 0.222. The number of anilines is 1. The predicted molar refractivity (Wildman–Crippen MR) is 130 cm³/mol. The van der Waals surface area contributed by atoms with Crippen LogP contribution in [0.2, 0.25) is 0 Å². The first-order chi connectivity index (χ1) is 16.4. The number of hydrogen-bond acceptors (Lipinski definition) is 4. The van der Waals surface area contributed by atoms with Gasteiger partial charge in [-0.2, -0.15) is 0 Å². The van der Waals surface area contributed by atoms with Gasteiger partial charge in [0, 0.05) is 36.8 Å². The van der Waals surface area contributed by atoms with Crippen LogP contribution in [0.4, 0.5) is 5.69 Å². The molecular formula is C27H25N3O4. The van der Waals surface area contributed by atoms with Gasteiger partial charge in [0.1, 0.15) is 0 Å². The molecule has 3 aromatic rings. The molecule has 0 atom stereocenters. The van der Waals surface area contributed by atoms with Crippen LogP contribution in [-0.4, -0.2) is 48.9 Å². The first kappa shape index (κ1) is 21.9. The number of benzene rings is 3. The zero-order valence-corrected chi connectivity index (χ0v) is 18.9. The van der Waals surface area contributed by atoms with Gasteiger partial charge >= 0.3 is 0 Å². The number of nitrogens with two attached hydrogens (primary N) is 1. The third kappa shape index (κ3) is 4.06. The van der Waals surface area contributed by atoms with E-state index in [1.165, 1.54) is 6.92 Å². The van der Waals surface area contributed by atoms with Crippen molar-refractivity contribution in [2.75, 3.05) is 31.6 Å². The number of fused-ring (bicyclic) bond motifs is 3. The van der Waals surface area contributed by atoms with E-state index in [-0.39, 0.29) is 11.8 Å². The molecule has 0 radical (unpaired) electrons. The van der Waals surface area contributed by atoms with Crippen molar-refractivity contribution in [3.8, 4) is 22.3 Å². The zero-order chi connectivity index (χ0) is 23.8. The fourth-order valence-corrected chi connectivity index (χ4v) is 4.74. The standard InChI is InChI=1S/C27H25N3O4/c1-16(31)29-21-4-2-3-17(12-21)19-13-23-22-6-5-18(27(33)30-7-9-34-10-8-30)11-20(22)15-24(23)25(14-19)26(28)32/h2-6,11-14H,7-10,15H2,1H3,(H2,28,32)(H,29,31). The number of nitrogens with zero attached hydrogens (tertiary/aromatic N) is 1. The highest BCUT2D eigenvalue weighted by atomic mass is 16.5. The molecule has 7 nitrogen and oxygen atoms in total. The smallest absolute Gasteiger partial charge is 0.254 e. The maximum Gasteiger partial charge on any atom is 0.254 e. The first-order valence-corrected chi connectivity index (χ1v) is 11.3. The van der Waals surface area contributed by atoms with Crippen molar-refractivity contribution in [2.24, 2.45) is 5.73 Å². The van der Waals surface area contributed by atoms with Gasteiger partial charge < -0.3 is 20.7 Å². The van der Waals surface area contributed by atoms with Crippen LogP contribution in [0.5, 0.6) is 0 Å². The van der Waals surface area contributed by atoms with E-state index in [0.717, 1.165) is 33.4 Å². The second-order valence-electron chi connectivity index (χ2n) is 8.63. The Morgan fingerprint density at radius 2 is 1.74 bits per heavy atom. The van der Waals surface area contributed by atoms with Crippen LogP contribution in [-0.2, 0) is 16.0 Å². The van der Waals surface area contributed by atoms with Crippen molar-refractivity contribution < 1.29 is 19.1 Å². The van der Waals surface area contributed by atoms with E-state index < -0.39 is 5.91 Å². The number of carbonyl (C=O) groups is 3. The second kappa shape index (κ2) is 8.76. The number of primary amides is 1. The number of morpholine rings is 1. The molecule has 172 valence electrons. The summed E-state index contributed by atoms with van der Waals surface area (Å²) in [5.41, 5.74) is 13.1. The quantitative estimate of drug-likeness (QED) is 0.492. The van der Waals surface area contributed by atoms with Crippen LogP contribution < -0.4 is 11.1 Å². The molecule has 1 aliphatic carbocycles. The summed E-state index contributed by atoms with van der Waals surface area (Å²) in [4.78, 5) is 38.6. The summed E-state index contributed by atoms with van der Waals surface area (Å²) in [5, 5.41) is 2.79. The summed E-state index contributed by atoms with van der Waals surface area (Å²) in [6.45, 7) is 3.74. The molecule has 0 unspecified atom stereocenters. The van der Waals surface area contributed by atoms with Crippen molar-refractivity contribution in [2.45, 2.75) is 13.3 Å². The van der Waals surface area contributed by atoms with Crippen molar-refractivity contribution in [1.82, 2.24) is 4.90 Å². The first-order valence-electron chi connectivity index (χ1n) is 11.3. The molecule has 34 heavy (non-hydrogen) atoms. The molecule has 0 spiro atoms. The maximum atomic E-state index is 13.0. The maximum absolute atomic E-state index is 13.0. The van der Waals surface area contributed by atoms with Crippen molar-refractivity contribution in [1.29, 1.82) is 0 Å². The minimum Gasteiger partial charge on any atom is -0.378 e. The average molecular weight is 456 g/mol. The highest BCUT2D eigenvalue weighted by molar-refractivity contribution is 6.01. The molecule has 1 heterocycles. The monoisotopic (exact) mass is 455 g/mol. The number of nitrogens with one attached hydrogen (secondary N) is 1. The van der Waals surface area contributed by atoms with E-state index in [1.54, 1.807) is 6.07 Å². The topological polar surface area (TPSA) is 102 Å². The lowest BCUT2D eigenvalue weighted by Crippen LogP contribution is -2.40. The van der Waals surface area contributed by atoms with E-state index >= 15 is 0 Å². The van der Waals surface area contributed by atoms with Gasteiger partial charge in [0.15, 0.2) is 0 Å². The van der Waals surface area contributed by atoms with Crippen molar-refractivity contribution >= 4 is 23.4 Å². The molecular weight excluding hydrogens is 430 g/mol. The van der Waals surface area contributed by atoms with Crippen LogP contribution >= 0.6 is 0 Å². The molecule has 1 saturated heterocycles. The highest BCUT2D eigenvalue weighted by Crippen LogP contribution is 2.41. The Kier molecular flexibility index (Phi) is 5.63. The van der Waals surface area contributed by atoms with E-state index in [1.807, 2.05) is 53.4 Å². The van der Waals surface area contributed by atoms with E-state index in [2.05, 4.69) is 5.32 Å². The van der Waals surface area contributed by atoms with E-state index in [9.17, 15) is 14.4 Å². The number of carbonyl (C=O) groups excluding carboxylic acids is 3. The van der Waals surface area contributed by atoms with Crippen LogP contribution in [0.1, 0.15) is 38.8 Å². The lowest BCUT2D eigenvalue weighted by molar-refractivity contribution is -0.114. The minimum atomic E-state index is -0.492. The van der Waals surface area contributed by atoms with Gasteiger partial charge in [-0.3, -0.25) is 14.4 Å². The summed E-state index contributed by atoms with van der Waals surface area (Å²) >= 11 is 0. The van der Waals surface area contributed by atoms with Crippen LogP contribution in [0.25, 0.3) is 22.3 Å². The number of rotatable bonds is 4. The molecule has 3 N–H and O–H groups in total. The molecule has 3 aromatic carbocycles. The SMILES string of the molecule is CC(=O)Nc1cccc(-c2cc(C(N)=O)c3c(c2)-c2ccc(C(=O)N4CCOCC4)cc2C3)c1. The molecule has 3 amide bonds. The summed E-state index contributed by atoms with van der Waals surface area (Å²) in [7, 11) is 0. The van der Waals surface area contributed by atoms with E-state index in [0.29, 0.717) is 49.5 Å². The fourth-order valence-electron chi connectivity index (χ4n) is 4.74. The molecule has 1 fully saturated rings. The molecule has 0 aromatic heterocycles. The van der Waals surface area contributed by atoms with Crippen molar-refractivity contribution in [3.05, 3.63) is 76.9 Å². The Hall–Kier alpha value is -3.97. The summed E-state index contributed by atoms with van der Waals surface area (Å²) in [5.74, 6) is -0.651. The van der Waals surface area contributed by atoms with Gasteiger partial charge in [0.05, 0.1) is 13.2 Å². The third-order valence-electron chi connectivity index (χ3n) is 6.34. The molecule has 0 saturated carbocycles. The van der Waals surface area contributed by atoms with Gasteiger partial charge in [-0.15, -0.1) is 0 Å². The molecule has 1 aliphatic heterocycles. The molecule has 7 heteroatoms. The van der Waals surface area contributed by atoms with Crippen LogP contribution in [0.3, 0.4) is 0 Å². The molecule has 5 rings (SSSR count). The van der Waals surface area contributed by atoms with Gasteiger partial charge in [-0.1, -0.05) is 18.2 Å². The average Bonchev–Trinajstić information content (AvgIpc) is 3.21. The van der Waals surface area contributed by atoms with Gasteiger partial charge in [0.25, 0.3) is 5.91 Å². The third-order valence-corrected chi connectivity index (χ3v) is 6.34. The predicted octanol–water partition coefficient (Wildman–Crippen LogP) is 3.45. The van der Waals surface area contributed by atoms with E-state index in [4.69, 9.17) is 10.5 Å². The Morgan fingerprint density at radius 3 is 2.47 bits per heavy atom. The summed E-state index contributed by atoms with van der Waals surface area (Å²) < 4.78 is 5.35. The summed E-state index contributed by atoms with van der Waals surface area (Å²) in [6, 6.07) is 17.0. The Labute approximate surface area is 197 Å². The molecule has 2 aliphatic rings. The second-order valence-corrected chi connectivity index (χ2v) is 8.63. The molecule has 0 bridgehead atoms. The lowest BCUT2D eigenvalue weighted by Gasteiger charge is -2.27. The number of hydrogen-bond donors (Lipinski definition) is 2.